The Balaban J connectivity index is 0. The van der Waals surface area contributed by atoms with Crippen LogP contribution in [-0.2, 0) is 0 Å². The van der Waals surface area contributed by atoms with E-state index < -0.39 is 0 Å². The molecule has 0 radical (unpaired) electrons. The molecule has 0 aromatic rings. The van der Waals surface area contributed by atoms with Crippen LogP contribution in [0.1, 0.15) is 72.6 Å². The predicted octanol–water partition coefficient (Wildman–Crippen LogP) is 4.78. The van der Waals surface area contributed by atoms with E-state index in [1.165, 1.54) is 44.9 Å². The molecular formula is C11H26. The molecule has 0 atom stereocenters. The molecule has 1 aliphatic carbocycles. The Bertz CT molecular complexity index is 26.5. The first-order valence-corrected chi connectivity index (χ1v) is 5.33. The minimum absolute atomic E-state index is 1.32. The minimum atomic E-state index is 1.32. The van der Waals surface area contributed by atoms with Crippen molar-refractivity contribution in [3.63, 3.8) is 0 Å². The van der Waals surface area contributed by atoms with Crippen LogP contribution >= 0.6 is 0 Å². The summed E-state index contributed by atoms with van der Waals surface area (Å²) in [5.74, 6) is 0. The third kappa shape index (κ3) is 71.1. The maximum Gasteiger partial charge on any atom is -0.0533 e. The first kappa shape index (κ1) is 13.6. The molecule has 1 aliphatic rings. The normalized spacial score (nSPS) is 12.0. The molecule has 0 spiro atoms. The van der Waals surface area contributed by atoms with E-state index in [1.54, 1.807) is 0 Å². The van der Waals surface area contributed by atoms with Gasteiger partial charge in [0, 0.05) is 0 Å². The second-order valence-electron chi connectivity index (χ2n) is 3.06. The first-order chi connectivity index (χ1) is 5.33. The molecule has 0 unspecified atom stereocenters. The highest BCUT2D eigenvalue weighted by Crippen LogP contribution is 2.14. The highest BCUT2D eigenvalue weighted by molar-refractivity contribution is 4.50. The Morgan fingerprint density at radius 2 is 0.727 bits per heavy atom. The molecule has 0 heteroatoms. The molecule has 0 nitrogen and oxygen atoms in total. The Morgan fingerprint density at radius 3 is 0.727 bits per heavy atom. The summed E-state index contributed by atoms with van der Waals surface area (Å²) in [4.78, 5) is 0. The van der Waals surface area contributed by atoms with Crippen LogP contribution in [0.5, 0.6) is 0 Å². The minimum Gasteiger partial charge on any atom is -0.0654 e. The predicted molar refractivity (Wildman–Crippen MR) is 55.0 cm³/mol. The average molecular weight is 158 g/mol. The van der Waals surface area contributed by atoms with E-state index in [9.17, 15) is 0 Å². The van der Waals surface area contributed by atoms with Crippen LogP contribution in [0.2, 0.25) is 0 Å². The topological polar surface area (TPSA) is 0 Å². The number of unbranched alkanes of at least 4 members (excludes halogenated alkanes) is 2. The summed E-state index contributed by atoms with van der Waals surface area (Å²) in [6.07, 6.45) is 9.78. The molecule has 0 aromatic carbocycles. The van der Waals surface area contributed by atoms with Crippen LogP contribution in [0.4, 0.5) is 0 Å². The zero-order valence-corrected chi connectivity index (χ0v) is 8.95. The van der Waals surface area contributed by atoms with Crippen LogP contribution in [0, 0.1) is 0 Å². The summed E-state index contributed by atoms with van der Waals surface area (Å²) in [5.41, 5.74) is 0. The molecule has 11 heavy (non-hydrogen) atoms. The quantitative estimate of drug-likeness (QED) is 0.542. The molecule has 70 valence electrons. The van der Waals surface area contributed by atoms with E-state index in [4.69, 9.17) is 0 Å². The zero-order valence-electron chi connectivity index (χ0n) is 8.95. The maximum atomic E-state index is 2.18. The van der Waals surface area contributed by atoms with Crippen LogP contribution < -0.4 is 0 Å². The van der Waals surface area contributed by atoms with Gasteiger partial charge in [0.2, 0.25) is 0 Å². The van der Waals surface area contributed by atoms with E-state index in [2.05, 4.69) is 27.7 Å². The van der Waals surface area contributed by atoms with E-state index in [0.717, 1.165) is 0 Å². The average Bonchev–Trinajstić information content (AvgIpc) is 2.90. The van der Waals surface area contributed by atoms with Gasteiger partial charge in [-0.15, -0.1) is 0 Å². The van der Waals surface area contributed by atoms with Crippen LogP contribution in [0.15, 0.2) is 0 Å². The SMILES string of the molecule is C1CC1.CCCC.CCCC. The monoisotopic (exact) mass is 158 g/mol. The molecule has 0 saturated heterocycles. The molecule has 0 N–H and O–H groups in total. The molecule has 0 aromatic heterocycles. The molecule has 0 heterocycles. The lowest BCUT2D eigenvalue weighted by Crippen LogP contribution is -1.47. The summed E-state index contributed by atoms with van der Waals surface area (Å²) >= 11 is 0. The molecule has 1 rings (SSSR count). The van der Waals surface area contributed by atoms with Crippen molar-refractivity contribution in [3.05, 3.63) is 0 Å². The van der Waals surface area contributed by atoms with Crippen molar-refractivity contribution in [2.75, 3.05) is 0 Å². The second-order valence-corrected chi connectivity index (χ2v) is 3.06. The van der Waals surface area contributed by atoms with Crippen LogP contribution in [-0.4, -0.2) is 0 Å². The third-order valence-electron chi connectivity index (χ3n) is 1.35. The standard InChI is InChI=1S/2C4H10.C3H6/c2*1-3-4-2;1-2-3-1/h2*3-4H2,1-2H3;1-3H2. The Morgan fingerprint density at radius 1 is 0.545 bits per heavy atom. The van der Waals surface area contributed by atoms with Gasteiger partial charge < -0.3 is 0 Å². The fourth-order valence-electron chi connectivity index (χ4n) is 0. The summed E-state index contributed by atoms with van der Waals surface area (Å²) in [7, 11) is 0. The number of hydrogen-bond acceptors (Lipinski definition) is 0. The fraction of sp³-hybridized carbons (Fsp3) is 1.00. The first-order valence-electron chi connectivity index (χ1n) is 5.33. The highest BCUT2D eigenvalue weighted by atomic mass is 14.0. The van der Waals surface area contributed by atoms with Crippen LogP contribution in [0.3, 0.4) is 0 Å². The van der Waals surface area contributed by atoms with E-state index in [-0.39, 0.29) is 0 Å². The third-order valence-corrected chi connectivity index (χ3v) is 1.35. The van der Waals surface area contributed by atoms with Gasteiger partial charge in [-0.05, 0) is 0 Å². The van der Waals surface area contributed by atoms with Crippen LogP contribution in [0.25, 0.3) is 0 Å². The van der Waals surface area contributed by atoms with Gasteiger partial charge in [-0.25, -0.2) is 0 Å². The van der Waals surface area contributed by atoms with Crippen molar-refractivity contribution in [1.82, 2.24) is 0 Å². The van der Waals surface area contributed by atoms with Gasteiger partial charge >= 0.3 is 0 Å². The second kappa shape index (κ2) is 16.5. The molecule has 1 fully saturated rings. The lowest BCUT2D eigenvalue weighted by molar-refractivity contribution is 0.886. The van der Waals surface area contributed by atoms with Crippen molar-refractivity contribution in [3.8, 4) is 0 Å². The summed E-state index contributed by atoms with van der Waals surface area (Å²) in [6.45, 7) is 8.72. The van der Waals surface area contributed by atoms with Crippen molar-refractivity contribution >= 4 is 0 Å². The van der Waals surface area contributed by atoms with Crippen molar-refractivity contribution in [2.45, 2.75) is 72.6 Å². The van der Waals surface area contributed by atoms with Gasteiger partial charge in [-0.1, -0.05) is 72.6 Å². The lowest BCUT2D eigenvalue weighted by Gasteiger charge is -1.68. The summed E-state index contributed by atoms with van der Waals surface area (Å²) in [6, 6.07) is 0. The van der Waals surface area contributed by atoms with Gasteiger partial charge in [0.05, 0.1) is 0 Å². The highest BCUT2D eigenvalue weighted by Gasteiger charge is 1.95. The summed E-state index contributed by atoms with van der Waals surface area (Å²) < 4.78 is 0. The lowest BCUT2D eigenvalue weighted by atomic mass is 10.4. The Labute approximate surface area is 73.4 Å². The largest absolute Gasteiger partial charge is 0.0654 e. The van der Waals surface area contributed by atoms with Gasteiger partial charge in [0.15, 0.2) is 0 Å². The number of hydrogen-bond donors (Lipinski definition) is 0. The van der Waals surface area contributed by atoms with E-state index >= 15 is 0 Å². The molecule has 0 amide bonds. The van der Waals surface area contributed by atoms with E-state index in [0.29, 0.717) is 0 Å². The van der Waals surface area contributed by atoms with Gasteiger partial charge in [0.1, 0.15) is 0 Å². The molecule has 1 saturated carbocycles. The van der Waals surface area contributed by atoms with E-state index in [1.807, 2.05) is 0 Å². The van der Waals surface area contributed by atoms with Crippen molar-refractivity contribution < 1.29 is 0 Å². The Kier molecular flexibility index (Phi) is 20.4. The van der Waals surface area contributed by atoms with Crippen molar-refractivity contribution in [2.24, 2.45) is 0 Å². The Hall–Kier alpha value is 0. The smallest absolute Gasteiger partial charge is 0.0533 e. The zero-order chi connectivity index (χ0) is 8.95. The molecular weight excluding hydrogens is 132 g/mol. The number of rotatable bonds is 2. The van der Waals surface area contributed by atoms with Gasteiger partial charge in [-0.2, -0.15) is 0 Å². The maximum absolute atomic E-state index is 2.18. The molecule has 0 bridgehead atoms. The fourth-order valence-corrected chi connectivity index (χ4v) is 0. The summed E-state index contributed by atoms with van der Waals surface area (Å²) in [5, 5.41) is 0. The van der Waals surface area contributed by atoms with Gasteiger partial charge in [0.25, 0.3) is 0 Å². The molecule has 0 aliphatic heterocycles. The van der Waals surface area contributed by atoms with Gasteiger partial charge in [-0.3, -0.25) is 0 Å². The van der Waals surface area contributed by atoms with Crippen molar-refractivity contribution in [1.29, 1.82) is 0 Å².